The second kappa shape index (κ2) is 8.74. The summed E-state index contributed by atoms with van der Waals surface area (Å²) in [5, 5.41) is 11.4. The molecule has 0 bridgehead atoms. The summed E-state index contributed by atoms with van der Waals surface area (Å²) in [5.74, 6) is -0.866. The molecule has 4 heterocycles. The first kappa shape index (κ1) is 22.6. The van der Waals surface area contributed by atoms with Crippen molar-refractivity contribution >= 4 is 27.6 Å². The SMILES string of the molecule is C[C@@]1(c2nc(NC(=O)c3ccc(C#N)cn3)ccc2F)CCS2(=O)=NCCCCN2C(N)=N1. The summed E-state index contributed by atoms with van der Waals surface area (Å²) >= 11 is 0. The highest BCUT2D eigenvalue weighted by atomic mass is 32.2. The number of halogens is 1. The fourth-order valence-corrected chi connectivity index (χ4v) is 6.07. The molecule has 4 rings (SSSR count). The van der Waals surface area contributed by atoms with E-state index in [0.717, 1.165) is 12.8 Å². The van der Waals surface area contributed by atoms with Gasteiger partial charge in [0.1, 0.15) is 44.5 Å². The number of amides is 1. The number of carbonyl (C=O) groups excluding carboxylic acids is 1. The van der Waals surface area contributed by atoms with Gasteiger partial charge in [-0.1, -0.05) is 0 Å². The van der Waals surface area contributed by atoms with Gasteiger partial charge in [0, 0.05) is 12.7 Å². The normalized spacial score (nSPS) is 24.9. The molecule has 2 atom stereocenters. The molecule has 0 saturated carbocycles. The Morgan fingerprint density at radius 2 is 2.15 bits per heavy atom. The van der Waals surface area contributed by atoms with E-state index in [1.165, 1.54) is 34.8 Å². The zero-order chi connectivity index (χ0) is 23.6. The predicted molar refractivity (Wildman–Crippen MR) is 121 cm³/mol. The Bertz CT molecular complexity index is 1280. The van der Waals surface area contributed by atoms with Crippen molar-refractivity contribution in [2.45, 2.75) is 31.7 Å². The second-order valence-electron chi connectivity index (χ2n) is 7.99. The minimum atomic E-state index is -2.77. The zero-order valence-corrected chi connectivity index (χ0v) is 18.8. The molecule has 0 aliphatic carbocycles. The Morgan fingerprint density at radius 3 is 2.88 bits per heavy atom. The van der Waals surface area contributed by atoms with Crippen LogP contribution in [0.15, 0.2) is 39.8 Å². The van der Waals surface area contributed by atoms with Gasteiger partial charge in [-0.25, -0.2) is 27.9 Å². The van der Waals surface area contributed by atoms with Crippen LogP contribution in [0.5, 0.6) is 0 Å². The summed E-state index contributed by atoms with van der Waals surface area (Å²) in [6.07, 6.45) is 3.10. The smallest absolute Gasteiger partial charge is 0.275 e. The van der Waals surface area contributed by atoms with Crippen molar-refractivity contribution in [3.8, 4) is 6.07 Å². The Balaban J connectivity index is 1.65. The number of carbonyl (C=O) groups is 1. The number of anilines is 1. The molecule has 1 amide bonds. The average molecular weight is 471 g/mol. The molecule has 0 saturated heterocycles. The number of nitriles is 1. The van der Waals surface area contributed by atoms with Crippen molar-refractivity contribution in [2.75, 3.05) is 24.2 Å². The summed E-state index contributed by atoms with van der Waals surface area (Å²) in [4.78, 5) is 25.3. The van der Waals surface area contributed by atoms with Gasteiger partial charge >= 0.3 is 0 Å². The topological polar surface area (TPSA) is 150 Å². The van der Waals surface area contributed by atoms with Gasteiger partial charge < -0.3 is 11.1 Å². The average Bonchev–Trinajstić information content (AvgIpc) is 3.05. The number of nitrogens with two attached hydrogens (primary N) is 1. The van der Waals surface area contributed by atoms with Crippen LogP contribution in [0.2, 0.25) is 0 Å². The number of hydrogen-bond donors (Lipinski definition) is 2. The highest BCUT2D eigenvalue weighted by Crippen LogP contribution is 2.35. The Kier molecular flexibility index (Phi) is 5.99. The van der Waals surface area contributed by atoms with Gasteiger partial charge in [0.15, 0.2) is 0 Å². The minimum Gasteiger partial charge on any atom is -0.369 e. The molecule has 0 spiro atoms. The maximum absolute atomic E-state index is 14.9. The molecule has 10 nitrogen and oxygen atoms in total. The zero-order valence-electron chi connectivity index (χ0n) is 18.0. The van der Waals surface area contributed by atoms with Crippen LogP contribution in [-0.4, -0.2) is 49.2 Å². The van der Waals surface area contributed by atoms with E-state index in [1.54, 1.807) is 6.92 Å². The van der Waals surface area contributed by atoms with Gasteiger partial charge in [-0.2, -0.15) is 5.26 Å². The van der Waals surface area contributed by atoms with Crippen molar-refractivity contribution in [1.82, 2.24) is 14.3 Å². The summed E-state index contributed by atoms with van der Waals surface area (Å²) in [6, 6.07) is 7.33. The van der Waals surface area contributed by atoms with Crippen LogP contribution in [0.25, 0.3) is 0 Å². The lowest BCUT2D eigenvalue weighted by atomic mass is 9.94. The first-order valence-electron chi connectivity index (χ1n) is 10.4. The van der Waals surface area contributed by atoms with Gasteiger partial charge in [-0.05, 0) is 50.5 Å². The van der Waals surface area contributed by atoms with E-state index in [1.807, 2.05) is 6.07 Å². The fourth-order valence-electron chi connectivity index (χ4n) is 3.75. The van der Waals surface area contributed by atoms with Gasteiger partial charge in [-0.15, -0.1) is 0 Å². The molecule has 0 aromatic carbocycles. The van der Waals surface area contributed by atoms with Crippen molar-refractivity contribution < 1.29 is 13.4 Å². The fraction of sp³-hybridized carbons (Fsp3) is 0.381. The molecule has 1 unspecified atom stereocenters. The Hall–Kier alpha value is -3.59. The van der Waals surface area contributed by atoms with E-state index < -0.39 is 27.2 Å². The van der Waals surface area contributed by atoms with Crippen LogP contribution in [0, 0.1) is 17.1 Å². The van der Waals surface area contributed by atoms with Gasteiger partial charge in [0.2, 0.25) is 5.96 Å². The monoisotopic (exact) mass is 470 g/mol. The van der Waals surface area contributed by atoms with Crippen LogP contribution in [0.3, 0.4) is 0 Å². The van der Waals surface area contributed by atoms with Crippen LogP contribution in [0.1, 0.15) is 47.9 Å². The summed E-state index contributed by atoms with van der Waals surface area (Å²) in [7, 11) is -2.77. The highest BCUT2D eigenvalue weighted by molar-refractivity contribution is 7.91. The van der Waals surface area contributed by atoms with Gasteiger partial charge in [-0.3, -0.25) is 9.10 Å². The van der Waals surface area contributed by atoms with Crippen molar-refractivity contribution in [2.24, 2.45) is 15.1 Å². The largest absolute Gasteiger partial charge is 0.369 e. The lowest BCUT2D eigenvalue weighted by molar-refractivity contribution is 0.102. The molecular formula is C21H23FN8O2S. The van der Waals surface area contributed by atoms with Crippen LogP contribution in [-0.2, 0) is 15.5 Å². The Labute approximate surface area is 191 Å². The lowest BCUT2D eigenvalue weighted by Gasteiger charge is -2.24. The third kappa shape index (κ3) is 4.49. The number of rotatable bonds is 3. The molecule has 3 N–H and O–H groups in total. The maximum atomic E-state index is 14.9. The number of nitrogens with one attached hydrogen (secondary N) is 1. The van der Waals surface area contributed by atoms with Crippen molar-refractivity contribution in [3.63, 3.8) is 0 Å². The third-order valence-corrected chi connectivity index (χ3v) is 7.98. The van der Waals surface area contributed by atoms with E-state index in [4.69, 9.17) is 11.0 Å². The number of guanidine groups is 1. The van der Waals surface area contributed by atoms with Gasteiger partial charge in [0.05, 0.1) is 17.9 Å². The standard InChI is InChI=1S/C21H23FN8O2S/c1-21(8-11-33(32)26-9-2-3-10-30(33)20(24)29-21)18-15(22)5-7-17(27-18)28-19(31)16-6-4-14(12-23)13-25-16/h4-7,13H,2-3,8-11H2,1H3,(H2,24,29)(H,27,28,31)/t21-,33?/m0/s1. The number of aromatic nitrogens is 2. The summed E-state index contributed by atoms with van der Waals surface area (Å²) < 4.78 is 34.3. The molecule has 0 fully saturated rings. The number of aliphatic imine (C=N–C) groups is 1. The third-order valence-electron chi connectivity index (χ3n) is 5.60. The minimum absolute atomic E-state index is 0.0169. The molecule has 2 aliphatic heterocycles. The highest BCUT2D eigenvalue weighted by Gasteiger charge is 2.38. The predicted octanol–water partition coefficient (Wildman–Crippen LogP) is 2.15. The van der Waals surface area contributed by atoms with Gasteiger partial charge in [0.25, 0.3) is 5.91 Å². The van der Waals surface area contributed by atoms with E-state index in [2.05, 4.69) is 24.6 Å². The van der Waals surface area contributed by atoms with E-state index >= 15 is 0 Å². The number of fused-ring (bicyclic) bond motifs is 1. The number of hydrogen-bond acceptors (Lipinski definition) is 8. The lowest BCUT2D eigenvalue weighted by Crippen LogP contribution is -2.42. The molecule has 2 aromatic heterocycles. The van der Waals surface area contributed by atoms with Crippen LogP contribution in [0.4, 0.5) is 10.2 Å². The quantitative estimate of drug-likeness (QED) is 0.702. The molecule has 33 heavy (non-hydrogen) atoms. The maximum Gasteiger partial charge on any atom is 0.275 e. The van der Waals surface area contributed by atoms with Crippen molar-refractivity contribution in [1.29, 1.82) is 5.26 Å². The van der Waals surface area contributed by atoms with E-state index in [9.17, 15) is 13.4 Å². The van der Waals surface area contributed by atoms with Crippen LogP contribution < -0.4 is 11.1 Å². The molecule has 0 radical (unpaired) electrons. The molecule has 172 valence electrons. The molecule has 2 aliphatic rings. The second-order valence-corrected chi connectivity index (χ2v) is 10.3. The molecule has 12 heteroatoms. The van der Waals surface area contributed by atoms with E-state index in [-0.39, 0.29) is 35.3 Å². The number of nitrogens with zero attached hydrogens (tertiary/aromatic N) is 6. The molecule has 2 aromatic rings. The number of pyridine rings is 2. The van der Waals surface area contributed by atoms with Crippen LogP contribution >= 0.6 is 0 Å². The Morgan fingerprint density at radius 1 is 1.33 bits per heavy atom. The summed E-state index contributed by atoms with van der Waals surface area (Å²) in [6.45, 7) is 2.63. The first-order valence-corrected chi connectivity index (χ1v) is 12.1. The summed E-state index contributed by atoms with van der Waals surface area (Å²) in [5.41, 5.74) is 5.39. The van der Waals surface area contributed by atoms with Crippen molar-refractivity contribution in [3.05, 3.63) is 53.2 Å². The molecular weight excluding hydrogens is 447 g/mol. The van der Waals surface area contributed by atoms with E-state index in [0.29, 0.717) is 18.7 Å². The first-order chi connectivity index (χ1) is 15.7.